The zero-order valence-electron chi connectivity index (χ0n) is 7.80. The van der Waals surface area contributed by atoms with Gasteiger partial charge in [-0.2, -0.15) is 5.26 Å². The summed E-state index contributed by atoms with van der Waals surface area (Å²) in [6.45, 7) is 1.78. The molecule has 4 heteroatoms. The maximum absolute atomic E-state index is 11.3. The lowest BCUT2D eigenvalue weighted by atomic mass is 10.1. The first-order chi connectivity index (χ1) is 6.60. The highest BCUT2D eigenvalue weighted by Crippen LogP contribution is 2.22. The number of methoxy groups -OCH3 is 1. The van der Waals surface area contributed by atoms with E-state index >= 15 is 0 Å². The van der Waals surface area contributed by atoms with E-state index in [1.165, 1.54) is 7.11 Å². The molecule has 1 aromatic carbocycles. The van der Waals surface area contributed by atoms with Gasteiger partial charge in [0.05, 0.1) is 24.3 Å². The molecule has 0 saturated carbocycles. The van der Waals surface area contributed by atoms with E-state index in [1.54, 1.807) is 19.1 Å². The molecular weight excluding hydrogens is 246 g/mol. The standard InChI is InChI=1S/C10H8BrNO2/c1-6-3-8(10(13)14-2)9(11)4-7(6)5-12/h3-4H,1-2H3. The Hall–Kier alpha value is -1.34. The molecule has 0 aromatic heterocycles. The van der Waals surface area contributed by atoms with Crippen molar-refractivity contribution < 1.29 is 9.53 Å². The predicted octanol–water partition coefficient (Wildman–Crippen LogP) is 2.42. The fourth-order valence-corrected chi connectivity index (χ4v) is 1.57. The van der Waals surface area contributed by atoms with Crippen LogP contribution in [0.4, 0.5) is 0 Å². The predicted molar refractivity (Wildman–Crippen MR) is 54.9 cm³/mol. The molecule has 1 aromatic rings. The van der Waals surface area contributed by atoms with Gasteiger partial charge in [-0.1, -0.05) is 0 Å². The summed E-state index contributed by atoms with van der Waals surface area (Å²) < 4.78 is 5.17. The van der Waals surface area contributed by atoms with Gasteiger partial charge in [-0.15, -0.1) is 0 Å². The monoisotopic (exact) mass is 253 g/mol. The molecule has 0 unspecified atom stereocenters. The fraction of sp³-hybridized carbons (Fsp3) is 0.200. The highest BCUT2D eigenvalue weighted by Gasteiger charge is 2.12. The summed E-state index contributed by atoms with van der Waals surface area (Å²) in [5.74, 6) is -0.413. The highest BCUT2D eigenvalue weighted by molar-refractivity contribution is 9.10. The average molecular weight is 254 g/mol. The zero-order valence-corrected chi connectivity index (χ0v) is 9.38. The van der Waals surface area contributed by atoms with Gasteiger partial charge >= 0.3 is 5.97 Å². The number of hydrogen-bond acceptors (Lipinski definition) is 3. The Morgan fingerprint density at radius 2 is 2.21 bits per heavy atom. The van der Waals surface area contributed by atoms with Crippen LogP contribution in [0.15, 0.2) is 16.6 Å². The Kier molecular flexibility index (Phi) is 3.26. The van der Waals surface area contributed by atoms with Crippen LogP contribution < -0.4 is 0 Å². The topological polar surface area (TPSA) is 50.1 Å². The third kappa shape index (κ3) is 1.94. The van der Waals surface area contributed by atoms with E-state index in [2.05, 4.69) is 20.7 Å². The van der Waals surface area contributed by atoms with Crippen molar-refractivity contribution in [2.75, 3.05) is 7.11 Å². The second-order valence-corrected chi connectivity index (χ2v) is 3.60. The lowest BCUT2D eigenvalue weighted by Crippen LogP contribution is -2.03. The van der Waals surface area contributed by atoms with Gasteiger partial charge in [0.2, 0.25) is 0 Å². The van der Waals surface area contributed by atoms with E-state index < -0.39 is 5.97 Å². The van der Waals surface area contributed by atoms with Gasteiger partial charge < -0.3 is 4.74 Å². The van der Waals surface area contributed by atoms with Gasteiger partial charge in [-0.05, 0) is 40.5 Å². The van der Waals surface area contributed by atoms with E-state index in [0.717, 1.165) is 5.56 Å². The smallest absolute Gasteiger partial charge is 0.339 e. The average Bonchev–Trinajstić information content (AvgIpc) is 2.19. The number of nitrogens with zero attached hydrogens (tertiary/aromatic N) is 1. The van der Waals surface area contributed by atoms with Gasteiger partial charge in [0.15, 0.2) is 0 Å². The number of benzene rings is 1. The normalized spacial score (nSPS) is 9.29. The number of rotatable bonds is 1. The quantitative estimate of drug-likeness (QED) is 0.723. The third-order valence-electron chi connectivity index (χ3n) is 1.84. The van der Waals surface area contributed by atoms with Gasteiger partial charge in [-0.3, -0.25) is 0 Å². The number of nitriles is 1. The largest absolute Gasteiger partial charge is 0.465 e. The van der Waals surface area contributed by atoms with Crippen LogP contribution in [0.25, 0.3) is 0 Å². The minimum atomic E-state index is -0.413. The number of halogens is 1. The number of aryl methyl sites for hydroxylation is 1. The Balaban J connectivity index is 3.30. The van der Waals surface area contributed by atoms with Gasteiger partial charge in [-0.25, -0.2) is 4.79 Å². The van der Waals surface area contributed by atoms with E-state index in [0.29, 0.717) is 15.6 Å². The van der Waals surface area contributed by atoms with Crippen LogP contribution in [0.5, 0.6) is 0 Å². The van der Waals surface area contributed by atoms with Crippen LogP contribution in [0.1, 0.15) is 21.5 Å². The maximum Gasteiger partial charge on any atom is 0.339 e. The van der Waals surface area contributed by atoms with Crippen molar-refractivity contribution in [2.45, 2.75) is 6.92 Å². The molecule has 72 valence electrons. The van der Waals surface area contributed by atoms with Crippen molar-refractivity contribution in [3.05, 3.63) is 33.3 Å². The third-order valence-corrected chi connectivity index (χ3v) is 2.50. The van der Waals surface area contributed by atoms with Crippen LogP contribution in [0.3, 0.4) is 0 Å². The second kappa shape index (κ2) is 4.25. The maximum atomic E-state index is 11.3. The number of hydrogen-bond donors (Lipinski definition) is 0. The first-order valence-electron chi connectivity index (χ1n) is 3.88. The van der Waals surface area contributed by atoms with Crippen molar-refractivity contribution in [1.82, 2.24) is 0 Å². The molecule has 14 heavy (non-hydrogen) atoms. The molecule has 0 saturated heterocycles. The Bertz CT molecular complexity index is 421. The summed E-state index contributed by atoms with van der Waals surface area (Å²) in [7, 11) is 1.32. The van der Waals surface area contributed by atoms with Crippen LogP contribution in [0, 0.1) is 18.3 Å². The van der Waals surface area contributed by atoms with Crippen molar-refractivity contribution >= 4 is 21.9 Å². The van der Waals surface area contributed by atoms with E-state index in [9.17, 15) is 4.79 Å². The summed E-state index contributed by atoms with van der Waals surface area (Å²) >= 11 is 3.21. The minimum Gasteiger partial charge on any atom is -0.465 e. The Morgan fingerprint density at radius 3 is 2.71 bits per heavy atom. The fourth-order valence-electron chi connectivity index (χ4n) is 1.07. The second-order valence-electron chi connectivity index (χ2n) is 2.75. The van der Waals surface area contributed by atoms with Crippen molar-refractivity contribution in [3.8, 4) is 6.07 Å². The molecule has 0 aliphatic rings. The molecule has 0 bridgehead atoms. The van der Waals surface area contributed by atoms with Gasteiger partial charge in [0.1, 0.15) is 0 Å². The molecule has 0 heterocycles. The Morgan fingerprint density at radius 1 is 1.57 bits per heavy atom. The molecule has 0 amide bonds. The summed E-state index contributed by atoms with van der Waals surface area (Å²) in [4.78, 5) is 11.3. The molecule has 0 fully saturated rings. The molecule has 0 aliphatic heterocycles. The molecular formula is C10H8BrNO2. The van der Waals surface area contributed by atoms with E-state index in [1.807, 2.05) is 6.07 Å². The number of esters is 1. The van der Waals surface area contributed by atoms with Crippen LogP contribution in [-0.4, -0.2) is 13.1 Å². The van der Waals surface area contributed by atoms with E-state index in [4.69, 9.17) is 5.26 Å². The van der Waals surface area contributed by atoms with Gasteiger partial charge in [0.25, 0.3) is 0 Å². The lowest BCUT2D eigenvalue weighted by Gasteiger charge is -2.04. The van der Waals surface area contributed by atoms with Crippen LogP contribution in [-0.2, 0) is 4.74 Å². The molecule has 3 nitrogen and oxygen atoms in total. The minimum absolute atomic E-state index is 0.413. The molecule has 0 spiro atoms. The van der Waals surface area contributed by atoms with Crippen LogP contribution in [0.2, 0.25) is 0 Å². The van der Waals surface area contributed by atoms with E-state index in [-0.39, 0.29) is 0 Å². The zero-order chi connectivity index (χ0) is 10.7. The molecule has 0 aliphatic carbocycles. The first kappa shape index (κ1) is 10.7. The number of carbonyl (C=O) groups is 1. The summed E-state index contributed by atoms with van der Waals surface area (Å²) in [5, 5.41) is 8.74. The first-order valence-corrected chi connectivity index (χ1v) is 4.68. The van der Waals surface area contributed by atoms with Crippen LogP contribution >= 0.6 is 15.9 Å². The molecule has 0 N–H and O–H groups in total. The number of carbonyl (C=O) groups excluding carboxylic acids is 1. The van der Waals surface area contributed by atoms with Crippen molar-refractivity contribution in [3.63, 3.8) is 0 Å². The van der Waals surface area contributed by atoms with Gasteiger partial charge in [0, 0.05) is 4.47 Å². The summed E-state index contributed by atoms with van der Waals surface area (Å²) in [5.41, 5.74) is 1.74. The molecule has 0 atom stereocenters. The summed E-state index contributed by atoms with van der Waals surface area (Å²) in [6, 6.07) is 5.28. The SMILES string of the molecule is COC(=O)c1cc(C)c(C#N)cc1Br. The van der Waals surface area contributed by atoms with Crippen molar-refractivity contribution in [1.29, 1.82) is 5.26 Å². The molecule has 0 radical (unpaired) electrons. The highest BCUT2D eigenvalue weighted by atomic mass is 79.9. The number of ether oxygens (including phenoxy) is 1. The Labute approximate surface area is 90.4 Å². The lowest BCUT2D eigenvalue weighted by molar-refractivity contribution is 0.0599. The molecule has 1 rings (SSSR count). The summed E-state index contributed by atoms with van der Waals surface area (Å²) in [6.07, 6.45) is 0. The van der Waals surface area contributed by atoms with Crippen molar-refractivity contribution in [2.24, 2.45) is 0 Å².